The van der Waals surface area contributed by atoms with Crippen LogP contribution in [0.4, 0.5) is 0 Å². The van der Waals surface area contributed by atoms with Crippen LogP contribution in [-0.2, 0) is 25.7 Å². The Bertz CT molecular complexity index is 520. The van der Waals surface area contributed by atoms with Gasteiger partial charge in [0, 0.05) is 7.11 Å². The molecule has 0 heterocycles. The summed E-state index contributed by atoms with van der Waals surface area (Å²) in [6.07, 6.45) is 6.40. The van der Waals surface area contributed by atoms with E-state index >= 15 is 0 Å². The third kappa shape index (κ3) is 5.45. The number of ketones is 1. The van der Waals surface area contributed by atoms with Gasteiger partial charge in [-0.2, -0.15) is 0 Å². The summed E-state index contributed by atoms with van der Waals surface area (Å²) >= 11 is 0. The van der Waals surface area contributed by atoms with Crippen molar-refractivity contribution in [2.45, 2.75) is 58.2 Å². The molecule has 1 aromatic carbocycles. The zero-order valence-corrected chi connectivity index (χ0v) is 14.7. The lowest BCUT2D eigenvalue weighted by Crippen LogP contribution is -2.38. The van der Waals surface area contributed by atoms with Crippen molar-refractivity contribution in [3.05, 3.63) is 35.9 Å². The average Bonchev–Trinajstić information content (AvgIpc) is 2.61. The van der Waals surface area contributed by atoms with Crippen LogP contribution in [0.2, 0.25) is 0 Å². The Kier molecular flexibility index (Phi) is 7.44. The third-order valence-corrected chi connectivity index (χ3v) is 4.88. The Labute approximate surface area is 144 Å². The monoisotopic (exact) mass is 332 g/mol. The van der Waals surface area contributed by atoms with Crippen molar-refractivity contribution >= 4 is 11.8 Å². The van der Waals surface area contributed by atoms with Crippen molar-refractivity contribution in [1.29, 1.82) is 0 Å². The molecule has 1 aliphatic carbocycles. The predicted molar refractivity (Wildman–Crippen MR) is 92.4 cm³/mol. The minimum Gasteiger partial charge on any atom is -0.460 e. The van der Waals surface area contributed by atoms with Gasteiger partial charge in [-0.05, 0) is 24.8 Å². The van der Waals surface area contributed by atoms with Crippen LogP contribution >= 0.6 is 0 Å². The molecule has 24 heavy (non-hydrogen) atoms. The van der Waals surface area contributed by atoms with E-state index in [-0.39, 0.29) is 12.4 Å². The SMILES string of the molecule is COC(CC1CCCCC1)C(C(C)=O)C(=O)OCc1ccccc1. The number of benzene rings is 1. The molecule has 0 aliphatic heterocycles. The van der Waals surface area contributed by atoms with Crippen molar-refractivity contribution in [3.63, 3.8) is 0 Å². The quantitative estimate of drug-likeness (QED) is 0.535. The maximum atomic E-state index is 12.5. The number of esters is 1. The molecule has 0 aromatic heterocycles. The normalized spacial score (nSPS) is 17.9. The molecule has 2 rings (SSSR count). The molecule has 1 fully saturated rings. The van der Waals surface area contributed by atoms with E-state index in [2.05, 4.69) is 0 Å². The van der Waals surface area contributed by atoms with Crippen molar-refractivity contribution < 1.29 is 19.1 Å². The van der Waals surface area contributed by atoms with E-state index in [0.717, 1.165) is 24.8 Å². The van der Waals surface area contributed by atoms with Gasteiger partial charge in [-0.1, -0.05) is 62.4 Å². The maximum Gasteiger partial charge on any atom is 0.319 e. The van der Waals surface area contributed by atoms with Crippen molar-refractivity contribution in [2.75, 3.05) is 7.11 Å². The van der Waals surface area contributed by atoms with Gasteiger partial charge in [0.25, 0.3) is 0 Å². The summed E-state index contributed by atoms with van der Waals surface area (Å²) in [5.41, 5.74) is 0.911. The Morgan fingerprint density at radius 3 is 2.38 bits per heavy atom. The topological polar surface area (TPSA) is 52.6 Å². The van der Waals surface area contributed by atoms with Gasteiger partial charge in [-0.25, -0.2) is 0 Å². The van der Waals surface area contributed by atoms with Gasteiger partial charge < -0.3 is 9.47 Å². The van der Waals surface area contributed by atoms with Gasteiger partial charge in [0.05, 0.1) is 6.10 Å². The number of ether oxygens (including phenoxy) is 2. The molecule has 0 amide bonds. The molecular weight excluding hydrogens is 304 g/mol. The second kappa shape index (κ2) is 9.58. The Hall–Kier alpha value is -1.68. The van der Waals surface area contributed by atoms with E-state index in [0.29, 0.717) is 5.92 Å². The fourth-order valence-corrected chi connectivity index (χ4v) is 3.52. The summed E-state index contributed by atoms with van der Waals surface area (Å²) in [6.45, 7) is 1.63. The number of hydrogen-bond acceptors (Lipinski definition) is 4. The molecule has 0 spiro atoms. The smallest absolute Gasteiger partial charge is 0.319 e. The predicted octanol–water partition coefficient (Wildman–Crippen LogP) is 3.92. The van der Waals surface area contributed by atoms with Crippen LogP contribution < -0.4 is 0 Å². The Balaban J connectivity index is 1.96. The highest BCUT2D eigenvalue weighted by Gasteiger charge is 2.35. The first-order valence-corrected chi connectivity index (χ1v) is 8.85. The first-order chi connectivity index (χ1) is 11.6. The van der Waals surface area contributed by atoms with Crippen LogP contribution in [0.5, 0.6) is 0 Å². The Morgan fingerprint density at radius 1 is 1.12 bits per heavy atom. The molecule has 0 N–H and O–H groups in total. The summed E-state index contributed by atoms with van der Waals surface area (Å²) < 4.78 is 10.9. The van der Waals surface area contributed by atoms with E-state index in [1.807, 2.05) is 30.3 Å². The molecule has 0 radical (unpaired) electrons. The van der Waals surface area contributed by atoms with Gasteiger partial charge in [0.2, 0.25) is 0 Å². The van der Waals surface area contributed by atoms with Crippen molar-refractivity contribution in [3.8, 4) is 0 Å². The molecule has 0 bridgehead atoms. The summed E-state index contributed by atoms with van der Waals surface area (Å²) in [5, 5.41) is 0. The number of Topliss-reactive ketones (excluding diaryl/α,β-unsaturated/α-hetero) is 1. The van der Waals surface area contributed by atoms with Crippen LogP contribution in [0.3, 0.4) is 0 Å². The van der Waals surface area contributed by atoms with E-state index in [1.54, 1.807) is 7.11 Å². The van der Waals surface area contributed by atoms with Gasteiger partial charge in [0.1, 0.15) is 18.3 Å². The second-order valence-electron chi connectivity index (χ2n) is 6.70. The first kappa shape index (κ1) is 18.7. The highest BCUT2D eigenvalue weighted by molar-refractivity contribution is 5.98. The summed E-state index contributed by atoms with van der Waals surface area (Å²) in [4.78, 5) is 24.5. The molecular formula is C20H28O4. The highest BCUT2D eigenvalue weighted by atomic mass is 16.5. The van der Waals surface area contributed by atoms with Crippen LogP contribution in [0.1, 0.15) is 51.0 Å². The van der Waals surface area contributed by atoms with E-state index in [9.17, 15) is 9.59 Å². The average molecular weight is 332 g/mol. The lowest BCUT2D eigenvalue weighted by atomic mass is 9.82. The number of methoxy groups -OCH3 is 1. The lowest BCUT2D eigenvalue weighted by Gasteiger charge is -2.29. The summed E-state index contributed by atoms with van der Waals surface area (Å²) in [7, 11) is 1.58. The van der Waals surface area contributed by atoms with E-state index in [4.69, 9.17) is 9.47 Å². The van der Waals surface area contributed by atoms with Crippen molar-refractivity contribution in [1.82, 2.24) is 0 Å². The third-order valence-electron chi connectivity index (χ3n) is 4.88. The van der Waals surface area contributed by atoms with Crippen LogP contribution in [0.25, 0.3) is 0 Å². The van der Waals surface area contributed by atoms with Gasteiger partial charge >= 0.3 is 5.97 Å². The standard InChI is InChI=1S/C20H28O4/c1-15(21)19(18(23-2)13-16-9-5-3-6-10-16)20(22)24-14-17-11-7-4-8-12-17/h4,7-8,11-12,16,18-19H,3,5-6,9-10,13-14H2,1-2H3. The fraction of sp³-hybridized carbons (Fsp3) is 0.600. The Morgan fingerprint density at radius 2 is 1.79 bits per heavy atom. The summed E-state index contributed by atoms with van der Waals surface area (Å²) in [5.74, 6) is -0.960. The molecule has 2 atom stereocenters. The van der Waals surface area contributed by atoms with Crippen LogP contribution in [0, 0.1) is 11.8 Å². The minimum absolute atomic E-state index is 0.184. The molecule has 1 aromatic rings. The van der Waals surface area contributed by atoms with Gasteiger partial charge in [-0.15, -0.1) is 0 Å². The number of carbonyl (C=O) groups excluding carboxylic acids is 2. The number of hydrogen-bond donors (Lipinski definition) is 0. The largest absolute Gasteiger partial charge is 0.460 e. The molecule has 4 heteroatoms. The van der Waals surface area contributed by atoms with Crippen molar-refractivity contribution in [2.24, 2.45) is 11.8 Å². The number of carbonyl (C=O) groups is 2. The lowest BCUT2D eigenvalue weighted by molar-refractivity contribution is -0.159. The van der Waals surface area contributed by atoms with Gasteiger partial charge in [0.15, 0.2) is 0 Å². The first-order valence-electron chi connectivity index (χ1n) is 8.85. The zero-order valence-electron chi connectivity index (χ0n) is 14.7. The molecule has 4 nitrogen and oxygen atoms in total. The molecule has 1 saturated carbocycles. The highest BCUT2D eigenvalue weighted by Crippen LogP contribution is 2.30. The maximum absolute atomic E-state index is 12.5. The zero-order chi connectivity index (χ0) is 17.4. The van der Waals surface area contributed by atoms with E-state index < -0.39 is 18.0 Å². The van der Waals surface area contributed by atoms with Crippen LogP contribution in [-0.4, -0.2) is 25.0 Å². The number of rotatable bonds is 8. The second-order valence-corrected chi connectivity index (χ2v) is 6.70. The molecule has 2 unspecified atom stereocenters. The summed E-state index contributed by atoms with van der Waals surface area (Å²) in [6, 6.07) is 9.49. The van der Waals surface area contributed by atoms with E-state index in [1.165, 1.54) is 26.2 Å². The minimum atomic E-state index is -0.833. The molecule has 1 aliphatic rings. The van der Waals surface area contributed by atoms with Crippen LogP contribution in [0.15, 0.2) is 30.3 Å². The van der Waals surface area contributed by atoms with Gasteiger partial charge in [-0.3, -0.25) is 9.59 Å². The molecule has 0 saturated heterocycles. The fourth-order valence-electron chi connectivity index (χ4n) is 3.52. The molecule has 132 valence electrons.